The van der Waals surface area contributed by atoms with Crippen molar-refractivity contribution in [3.8, 4) is 0 Å². The number of epoxide rings is 3. The van der Waals surface area contributed by atoms with Crippen LogP contribution in [0.15, 0.2) is 0 Å². The molecule has 3 heterocycles. The topological polar surface area (TPSA) is 90.2 Å². The summed E-state index contributed by atoms with van der Waals surface area (Å²) in [5.41, 5.74) is -0.491. The molecular formula is C15H22O7S3. The second-order valence-corrected chi connectivity index (χ2v) is 9.09. The van der Waals surface area contributed by atoms with Crippen molar-refractivity contribution in [2.24, 2.45) is 0 Å². The molecule has 4 atom stereocenters. The molecule has 0 saturated carbocycles. The molecule has 0 aliphatic carbocycles. The first-order chi connectivity index (χ1) is 12.2. The molecule has 3 rings (SSSR count). The van der Waals surface area contributed by atoms with Crippen LogP contribution in [0.4, 0.5) is 0 Å². The van der Waals surface area contributed by atoms with E-state index in [9.17, 15) is 9.59 Å². The maximum atomic E-state index is 11.9. The summed E-state index contributed by atoms with van der Waals surface area (Å²) in [6.45, 7) is 2.37. The predicted octanol–water partition coefficient (Wildman–Crippen LogP) is 0.795. The van der Waals surface area contributed by atoms with Crippen molar-refractivity contribution in [3.05, 3.63) is 0 Å². The minimum absolute atomic E-state index is 0.0683. The summed E-state index contributed by atoms with van der Waals surface area (Å²) < 4.78 is 26.0. The molecule has 0 bridgehead atoms. The zero-order chi connectivity index (χ0) is 17.5. The highest BCUT2D eigenvalue weighted by molar-refractivity contribution is 8.00. The predicted molar refractivity (Wildman–Crippen MR) is 97.2 cm³/mol. The molecule has 7 nitrogen and oxygen atoms in total. The Labute approximate surface area is 159 Å². The average Bonchev–Trinajstić information content (AvgIpc) is 3.45. The fourth-order valence-electron chi connectivity index (χ4n) is 1.75. The molecule has 0 aromatic carbocycles. The summed E-state index contributed by atoms with van der Waals surface area (Å²) in [5, 5.41) is 0. The van der Waals surface area contributed by atoms with E-state index in [1.54, 1.807) is 0 Å². The average molecular weight is 411 g/mol. The van der Waals surface area contributed by atoms with Crippen molar-refractivity contribution in [2.45, 2.75) is 23.7 Å². The number of carbonyl (C=O) groups excluding carboxylic acids is 2. The molecule has 3 saturated heterocycles. The number of thioether (sulfide) groups is 3. The smallest absolute Gasteiger partial charge is 0.317 e. The lowest BCUT2D eigenvalue weighted by Gasteiger charge is -2.17. The van der Waals surface area contributed by atoms with Crippen LogP contribution in [-0.2, 0) is 33.3 Å². The van der Waals surface area contributed by atoms with Gasteiger partial charge in [-0.2, -0.15) is 0 Å². The van der Waals surface area contributed by atoms with Crippen LogP contribution < -0.4 is 0 Å². The first-order valence-electron chi connectivity index (χ1n) is 8.16. The lowest BCUT2D eigenvalue weighted by molar-refractivity contribution is -0.150. The summed E-state index contributed by atoms with van der Waals surface area (Å²) in [5.74, 6) is 2.32. The second kappa shape index (κ2) is 10.3. The van der Waals surface area contributed by atoms with Gasteiger partial charge in [0.2, 0.25) is 0 Å². The maximum absolute atomic E-state index is 11.9. The largest absolute Gasteiger partial charge is 0.460 e. The van der Waals surface area contributed by atoms with E-state index < -0.39 is 5.44 Å². The Morgan fingerprint density at radius 3 is 1.96 bits per heavy atom. The zero-order valence-corrected chi connectivity index (χ0v) is 16.2. The van der Waals surface area contributed by atoms with Crippen molar-refractivity contribution in [1.82, 2.24) is 0 Å². The third kappa shape index (κ3) is 9.39. The molecule has 10 heteroatoms. The molecule has 4 unspecified atom stereocenters. The van der Waals surface area contributed by atoms with Crippen LogP contribution in [0, 0.1) is 0 Å². The number of esters is 2. The van der Waals surface area contributed by atoms with Crippen LogP contribution in [-0.4, -0.2) is 90.9 Å². The van der Waals surface area contributed by atoms with Crippen LogP contribution in [0.25, 0.3) is 0 Å². The summed E-state index contributed by atoms with van der Waals surface area (Å²) in [4.78, 5) is 23.7. The molecule has 142 valence electrons. The molecule has 0 aromatic heterocycles. The fraction of sp³-hybridized carbons (Fsp3) is 0.867. The molecule has 25 heavy (non-hydrogen) atoms. The Hall–Kier alpha value is -0.130. The summed E-state index contributed by atoms with van der Waals surface area (Å²) in [6.07, 6.45) is 0.797. The Bertz CT molecular complexity index is 452. The second-order valence-electron chi connectivity index (χ2n) is 5.83. The lowest BCUT2D eigenvalue weighted by atomic mass is 10.6. The highest BCUT2D eigenvalue weighted by Gasteiger charge is 2.27. The van der Waals surface area contributed by atoms with Crippen LogP contribution in [0.3, 0.4) is 0 Å². The third-order valence-electron chi connectivity index (χ3n) is 3.37. The first kappa shape index (κ1) is 19.6. The zero-order valence-electron chi connectivity index (χ0n) is 13.8. The van der Waals surface area contributed by atoms with Gasteiger partial charge in [-0.1, -0.05) is 0 Å². The molecular weight excluding hydrogens is 388 g/mol. The van der Waals surface area contributed by atoms with Gasteiger partial charge in [-0.15, -0.1) is 35.3 Å². The highest BCUT2D eigenvalue weighted by atomic mass is 32.2. The molecule has 3 fully saturated rings. The Morgan fingerprint density at radius 2 is 1.40 bits per heavy atom. The van der Waals surface area contributed by atoms with Gasteiger partial charge in [0.1, 0.15) is 6.61 Å². The quantitative estimate of drug-likeness (QED) is 0.233. The fourth-order valence-corrected chi connectivity index (χ4v) is 4.35. The maximum Gasteiger partial charge on any atom is 0.317 e. The monoisotopic (exact) mass is 410 g/mol. The van der Waals surface area contributed by atoms with E-state index in [1.165, 1.54) is 35.3 Å². The van der Waals surface area contributed by atoms with E-state index in [2.05, 4.69) is 0 Å². The summed E-state index contributed by atoms with van der Waals surface area (Å²) in [7, 11) is 0. The van der Waals surface area contributed by atoms with Crippen LogP contribution >= 0.6 is 35.3 Å². The van der Waals surface area contributed by atoms with Crippen LogP contribution in [0.1, 0.15) is 0 Å². The summed E-state index contributed by atoms with van der Waals surface area (Å²) in [6, 6.07) is 0. The molecule has 0 aromatic rings. The van der Waals surface area contributed by atoms with Gasteiger partial charge in [0.15, 0.2) is 5.44 Å². The van der Waals surface area contributed by atoms with E-state index in [-0.39, 0.29) is 42.3 Å². The minimum atomic E-state index is -0.491. The number of rotatable bonds is 14. The van der Waals surface area contributed by atoms with Crippen molar-refractivity contribution in [3.63, 3.8) is 0 Å². The summed E-state index contributed by atoms with van der Waals surface area (Å²) >= 11 is 4.44. The van der Waals surface area contributed by atoms with Gasteiger partial charge < -0.3 is 23.7 Å². The van der Waals surface area contributed by atoms with Gasteiger partial charge in [0.05, 0.1) is 49.6 Å². The minimum Gasteiger partial charge on any atom is -0.460 e. The van der Waals surface area contributed by atoms with E-state index in [0.29, 0.717) is 6.10 Å². The highest BCUT2D eigenvalue weighted by Crippen LogP contribution is 2.23. The Kier molecular flexibility index (Phi) is 8.06. The molecule has 3 aliphatic heterocycles. The molecule has 0 spiro atoms. The van der Waals surface area contributed by atoms with Crippen LogP contribution in [0.5, 0.6) is 0 Å². The van der Waals surface area contributed by atoms with E-state index >= 15 is 0 Å². The van der Waals surface area contributed by atoms with Crippen LogP contribution in [0.2, 0.25) is 0 Å². The number of hydrogen-bond acceptors (Lipinski definition) is 10. The van der Waals surface area contributed by atoms with E-state index in [4.69, 9.17) is 23.7 Å². The lowest BCUT2D eigenvalue weighted by Crippen LogP contribution is -2.25. The van der Waals surface area contributed by atoms with Gasteiger partial charge in [0, 0.05) is 17.3 Å². The van der Waals surface area contributed by atoms with Crippen molar-refractivity contribution in [2.75, 3.05) is 55.2 Å². The van der Waals surface area contributed by atoms with E-state index in [0.717, 1.165) is 37.1 Å². The molecule has 3 aliphatic rings. The van der Waals surface area contributed by atoms with Gasteiger partial charge in [-0.05, 0) is 0 Å². The van der Waals surface area contributed by atoms with Crippen molar-refractivity contribution >= 4 is 47.2 Å². The standard InChI is InChI=1S/C15H22O7S3/c16-13(8-23-5-10-1-18-10)21-4-15(25-7-12-3-20-12)22-14(17)9-24-6-11-2-19-11/h10-12,15H,1-9H2. The number of hydrogen-bond donors (Lipinski definition) is 0. The third-order valence-corrected chi connectivity index (χ3v) is 6.63. The number of carbonyl (C=O) groups is 2. The van der Waals surface area contributed by atoms with Crippen molar-refractivity contribution < 1.29 is 33.3 Å². The molecule has 0 radical (unpaired) electrons. The Morgan fingerprint density at radius 1 is 0.880 bits per heavy atom. The Balaban J connectivity index is 1.30. The normalized spacial score (nSPS) is 27.4. The van der Waals surface area contributed by atoms with Gasteiger partial charge in [-0.3, -0.25) is 9.59 Å². The first-order valence-corrected chi connectivity index (χ1v) is 11.5. The van der Waals surface area contributed by atoms with E-state index in [1.807, 2.05) is 0 Å². The van der Waals surface area contributed by atoms with Gasteiger partial charge >= 0.3 is 11.9 Å². The van der Waals surface area contributed by atoms with Gasteiger partial charge in [-0.25, -0.2) is 0 Å². The SMILES string of the molecule is O=C(CSCC1CO1)OCC(OC(=O)CSCC1CO1)SCC1CO1. The molecule has 0 amide bonds. The molecule has 0 N–H and O–H groups in total. The van der Waals surface area contributed by atoms with Gasteiger partial charge in [0.25, 0.3) is 0 Å². The number of ether oxygens (including phenoxy) is 5. The van der Waals surface area contributed by atoms with Crippen molar-refractivity contribution in [1.29, 1.82) is 0 Å².